The maximum atomic E-state index is 13.4. The molecule has 0 aliphatic heterocycles. The first-order chi connectivity index (χ1) is 9.06. The first-order valence-corrected chi connectivity index (χ1v) is 5.85. The van der Waals surface area contributed by atoms with Crippen molar-refractivity contribution in [3.63, 3.8) is 0 Å². The fourth-order valence-corrected chi connectivity index (χ4v) is 1.74. The molecule has 0 atom stereocenters. The van der Waals surface area contributed by atoms with E-state index in [0.29, 0.717) is 11.3 Å². The minimum atomic E-state index is -0.424. The molecule has 2 aromatic rings. The van der Waals surface area contributed by atoms with Crippen molar-refractivity contribution in [2.45, 2.75) is 13.3 Å². The SMILES string of the molecule is Cc1ccc(F)cc1NC(=O)Cc1ccccc1F. The summed E-state index contributed by atoms with van der Waals surface area (Å²) >= 11 is 0. The largest absolute Gasteiger partial charge is 0.325 e. The second-order valence-corrected chi connectivity index (χ2v) is 4.28. The minimum Gasteiger partial charge on any atom is -0.325 e. The first kappa shape index (κ1) is 13.2. The molecule has 0 heterocycles. The Balaban J connectivity index is 2.10. The molecule has 0 aliphatic rings. The summed E-state index contributed by atoms with van der Waals surface area (Å²) in [6, 6.07) is 10.2. The Morgan fingerprint density at radius 1 is 1.16 bits per heavy atom. The number of benzene rings is 2. The zero-order valence-corrected chi connectivity index (χ0v) is 10.4. The van der Waals surface area contributed by atoms with Crippen LogP contribution >= 0.6 is 0 Å². The van der Waals surface area contributed by atoms with Gasteiger partial charge in [-0.2, -0.15) is 0 Å². The van der Waals surface area contributed by atoms with Gasteiger partial charge in [0.2, 0.25) is 5.91 Å². The quantitative estimate of drug-likeness (QED) is 0.900. The molecule has 0 saturated heterocycles. The van der Waals surface area contributed by atoms with E-state index in [4.69, 9.17) is 0 Å². The zero-order chi connectivity index (χ0) is 13.8. The summed E-state index contributed by atoms with van der Waals surface area (Å²) in [6.45, 7) is 1.76. The Labute approximate surface area is 110 Å². The van der Waals surface area contributed by atoms with E-state index < -0.39 is 11.6 Å². The number of hydrogen-bond donors (Lipinski definition) is 1. The highest BCUT2D eigenvalue weighted by Crippen LogP contribution is 2.16. The molecule has 1 amide bonds. The van der Waals surface area contributed by atoms with Crippen LogP contribution in [0, 0.1) is 18.6 Å². The van der Waals surface area contributed by atoms with Crippen LogP contribution in [0.5, 0.6) is 0 Å². The molecule has 98 valence electrons. The van der Waals surface area contributed by atoms with Crippen LogP contribution in [0.1, 0.15) is 11.1 Å². The van der Waals surface area contributed by atoms with Crippen LogP contribution in [0.25, 0.3) is 0 Å². The van der Waals surface area contributed by atoms with Gasteiger partial charge in [-0.15, -0.1) is 0 Å². The lowest BCUT2D eigenvalue weighted by Crippen LogP contribution is -2.16. The number of rotatable bonds is 3. The molecule has 0 aliphatic carbocycles. The van der Waals surface area contributed by atoms with Gasteiger partial charge in [-0.05, 0) is 36.2 Å². The van der Waals surface area contributed by atoms with Crippen molar-refractivity contribution in [2.75, 3.05) is 5.32 Å². The number of aryl methyl sites for hydroxylation is 1. The fraction of sp³-hybridized carbons (Fsp3) is 0.133. The molecule has 2 rings (SSSR count). The molecule has 2 aromatic carbocycles. The lowest BCUT2D eigenvalue weighted by Gasteiger charge is -2.09. The van der Waals surface area contributed by atoms with Gasteiger partial charge in [0.15, 0.2) is 0 Å². The number of carbonyl (C=O) groups excluding carboxylic acids is 1. The van der Waals surface area contributed by atoms with E-state index in [1.807, 2.05) is 0 Å². The van der Waals surface area contributed by atoms with Crippen LogP contribution in [0.4, 0.5) is 14.5 Å². The zero-order valence-electron chi connectivity index (χ0n) is 10.4. The van der Waals surface area contributed by atoms with E-state index in [1.54, 1.807) is 31.2 Å². The van der Waals surface area contributed by atoms with Gasteiger partial charge >= 0.3 is 0 Å². The Morgan fingerprint density at radius 3 is 2.63 bits per heavy atom. The number of hydrogen-bond acceptors (Lipinski definition) is 1. The molecule has 0 spiro atoms. The van der Waals surface area contributed by atoms with Crippen molar-refractivity contribution >= 4 is 11.6 Å². The minimum absolute atomic E-state index is 0.0807. The average molecular weight is 261 g/mol. The van der Waals surface area contributed by atoms with Crippen LogP contribution < -0.4 is 5.32 Å². The smallest absolute Gasteiger partial charge is 0.228 e. The highest BCUT2D eigenvalue weighted by Gasteiger charge is 2.09. The lowest BCUT2D eigenvalue weighted by atomic mass is 10.1. The van der Waals surface area contributed by atoms with E-state index in [0.717, 1.165) is 5.56 Å². The maximum absolute atomic E-state index is 13.4. The summed E-state index contributed by atoms with van der Waals surface area (Å²) in [6.07, 6.45) is -0.0807. The van der Waals surface area contributed by atoms with Gasteiger partial charge in [0, 0.05) is 5.69 Å². The normalized spacial score (nSPS) is 10.3. The Kier molecular flexibility index (Phi) is 3.90. The van der Waals surface area contributed by atoms with Crippen molar-refractivity contribution in [3.05, 3.63) is 65.2 Å². The first-order valence-electron chi connectivity index (χ1n) is 5.85. The Bertz CT molecular complexity index is 611. The highest BCUT2D eigenvalue weighted by molar-refractivity contribution is 5.92. The van der Waals surface area contributed by atoms with Crippen LogP contribution in [0.2, 0.25) is 0 Å². The molecule has 0 aromatic heterocycles. The average Bonchev–Trinajstić information content (AvgIpc) is 2.37. The van der Waals surface area contributed by atoms with E-state index in [-0.39, 0.29) is 12.3 Å². The van der Waals surface area contributed by atoms with Crippen LogP contribution in [0.15, 0.2) is 42.5 Å². The summed E-state index contributed by atoms with van der Waals surface area (Å²) in [5.74, 6) is -1.22. The van der Waals surface area contributed by atoms with Gasteiger partial charge in [0.1, 0.15) is 11.6 Å². The second kappa shape index (κ2) is 5.61. The summed E-state index contributed by atoms with van der Waals surface area (Å²) < 4.78 is 26.5. The van der Waals surface area contributed by atoms with Crippen molar-refractivity contribution in [1.29, 1.82) is 0 Å². The molecule has 2 nitrogen and oxygen atoms in total. The monoisotopic (exact) mass is 261 g/mol. The second-order valence-electron chi connectivity index (χ2n) is 4.28. The molecular formula is C15H13F2NO. The van der Waals surface area contributed by atoms with Gasteiger partial charge in [-0.3, -0.25) is 4.79 Å². The van der Waals surface area contributed by atoms with E-state index in [2.05, 4.69) is 5.32 Å². The standard InChI is InChI=1S/C15H13F2NO/c1-10-6-7-12(16)9-14(10)18-15(19)8-11-4-2-3-5-13(11)17/h2-7,9H,8H2,1H3,(H,18,19). The number of nitrogens with one attached hydrogen (secondary N) is 1. The summed E-state index contributed by atoms with van der Waals surface area (Å²) in [5, 5.41) is 2.58. The Hall–Kier alpha value is -2.23. The molecule has 0 saturated carbocycles. The highest BCUT2D eigenvalue weighted by atomic mass is 19.1. The van der Waals surface area contributed by atoms with Gasteiger partial charge in [0.25, 0.3) is 0 Å². The van der Waals surface area contributed by atoms with Gasteiger partial charge in [0.05, 0.1) is 6.42 Å². The van der Waals surface area contributed by atoms with Gasteiger partial charge < -0.3 is 5.32 Å². The molecule has 4 heteroatoms. The summed E-state index contributed by atoms with van der Waals surface area (Å²) in [5.41, 5.74) is 1.47. The van der Waals surface area contributed by atoms with Crippen LogP contribution in [0.3, 0.4) is 0 Å². The number of amides is 1. The summed E-state index contributed by atoms with van der Waals surface area (Å²) in [4.78, 5) is 11.8. The van der Waals surface area contributed by atoms with Crippen molar-refractivity contribution in [1.82, 2.24) is 0 Å². The van der Waals surface area contributed by atoms with Crippen molar-refractivity contribution < 1.29 is 13.6 Å². The molecule has 1 N–H and O–H groups in total. The number of carbonyl (C=O) groups is 1. The van der Waals surface area contributed by atoms with Crippen LogP contribution in [-0.2, 0) is 11.2 Å². The third-order valence-corrected chi connectivity index (χ3v) is 2.78. The predicted molar refractivity (Wildman–Crippen MR) is 69.9 cm³/mol. The topological polar surface area (TPSA) is 29.1 Å². The van der Waals surface area contributed by atoms with E-state index in [1.165, 1.54) is 18.2 Å². The third kappa shape index (κ3) is 3.37. The van der Waals surface area contributed by atoms with E-state index >= 15 is 0 Å². The lowest BCUT2D eigenvalue weighted by molar-refractivity contribution is -0.115. The molecule has 0 fully saturated rings. The molecular weight excluding hydrogens is 248 g/mol. The Morgan fingerprint density at radius 2 is 1.89 bits per heavy atom. The summed E-state index contributed by atoms with van der Waals surface area (Å²) in [7, 11) is 0. The molecule has 19 heavy (non-hydrogen) atoms. The number of halogens is 2. The third-order valence-electron chi connectivity index (χ3n) is 2.78. The van der Waals surface area contributed by atoms with E-state index in [9.17, 15) is 13.6 Å². The van der Waals surface area contributed by atoms with Crippen LogP contribution in [-0.4, -0.2) is 5.91 Å². The molecule has 0 radical (unpaired) electrons. The molecule has 0 bridgehead atoms. The van der Waals surface area contributed by atoms with Gasteiger partial charge in [-0.1, -0.05) is 24.3 Å². The maximum Gasteiger partial charge on any atom is 0.228 e. The van der Waals surface area contributed by atoms with Crippen molar-refractivity contribution in [3.8, 4) is 0 Å². The van der Waals surface area contributed by atoms with Crippen molar-refractivity contribution in [2.24, 2.45) is 0 Å². The molecule has 0 unspecified atom stereocenters. The predicted octanol–water partition coefficient (Wildman–Crippen LogP) is 3.45. The fourth-order valence-electron chi connectivity index (χ4n) is 1.74. The number of anilines is 1. The van der Waals surface area contributed by atoms with Gasteiger partial charge in [-0.25, -0.2) is 8.78 Å².